The molecule has 0 aliphatic rings. The van der Waals surface area contributed by atoms with Gasteiger partial charge in [0, 0.05) is 5.56 Å². The Morgan fingerprint density at radius 3 is 2.22 bits per heavy atom. The summed E-state index contributed by atoms with van der Waals surface area (Å²) in [5.74, 6) is -1.61. The quantitative estimate of drug-likeness (QED) is 0.715. The number of anilines is 1. The molecule has 0 atom stereocenters. The zero-order valence-corrected chi connectivity index (χ0v) is 14.8. The van der Waals surface area contributed by atoms with Crippen LogP contribution in [-0.4, -0.2) is 32.1 Å². The third kappa shape index (κ3) is 3.64. The zero-order chi connectivity index (χ0) is 19.4. The molecule has 0 saturated carbocycles. The first kappa shape index (κ1) is 18.1. The molecule has 0 bridgehead atoms. The fraction of sp³-hybridized carbons (Fsp3) is 0.0952. The van der Waals surface area contributed by atoms with E-state index in [1.54, 1.807) is 12.1 Å². The molecule has 6 heteroatoms. The Kier molecular flexibility index (Phi) is 5.17. The number of amides is 1. The van der Waals surface area contributed by atoms with Gasteiger partial charge >= 0.3 is 11.9 Å². The molecule has 0 spiro atoms. The Hall–Kier alpha value is -3.67. The number of fused-ring (bicyclic) bond motifs is 1. The maximum absolute atomic E-state index is 12.9. The molecule has 0 fully saturated rings. The molecule has 0 saturated heterocycles. The summed E-state index contributed by atoms with van der Waals surface area (Å²) in [4.78, 5) is 36.7. The second-order valence-corrected chi connectivity index (χ2v) is 5.72. The lowest BCUT2D eigenvalue weighted by atomic mass is 10.0. The number of ether oxygens (including phenoxy) is 2. The highest BCUT2D eigenvalue weighted by molar-refractivity contribution is 6.14. The lowest BCUT2D eigenvalue weighted by Gasteiger charge is -2.12. The number of nitrogens with one attached hydrogen (secondary N) is 1. The summed E-state index contributed by atoms with van der Waals surface area (Å²) in [6.45, 7) is 0. The Labute approximate surface area is 155 Å². The molecule has 0 heterocycles. The van der Waals surface area contributed by atoms with E-state index in [2.05, 4.69) is 5.32 Å². The van der Waals surface area contributed by atoms with Gasteiger partial charge in [0.05, 0.1) is 31.0 Å². The van der Waals surface area contributed by atoms with E-state index in [1.165, 1.54) is 32.4 Å². The fourth-order valence-electron chi connectivity index (χ4n) is 2.79. The normalized spacial score (nSPS) is 10.3. The second kappa shape index (κ2) is 7.70. The molecule has 1 N–H and O–H groups in total. The largest absolute Gasteiger partial charge is 0.465 e. The Morgan fingerprint density at radius 2 is 1.48 bits per heavy atom. The van der Waals surface area contributed by atoms with E-state index >= 15 is 0 Å². The van der Waals surface area contributed by atoms with Gasteiger partial charge in [-0.1, -0.05) is 36.4 Å². The number of esters is 2. The molecule has 0 aliphatic heterocycles. The third-order valence-corrected chi connectivity index (χ3v) is 4.13. The van der Waals surface area contributed by atoms with Gasteiger partial charge in [0.1, 0.15) is 0 Å². The Balaban J connectivity index is 2.03. The number of methoxy groups -OCH3 is 2. The fourth-order valence-corrected chi connectivity index (χ4v) is 2.79. The minimum atomic E-state index is -0.625. The topological polar surface area (TPSA) is 81.7 Å². The van der Waals surface area contributed by atoms with Crippen molar-refractivity contribution < 1.29 is 23.9 Å². The van der Waals surface area contributed by atoms with Gasteiger partial charge in [-0.25, -0.2) is 9.59 Å². The van der Waals surface area contributed by atoms with Crippen LogP contribution in [0.1, 0.15) is 31.1 Å². The summed E-state index contributed by atoms with van der Waals surface area (Å²) < 4.78 is 9.45. The second-order valence-electron chi connectivity index (χ2n) is 5.72. The van der Waals surface area contributed by atoms with Crippen molar-refractivity contribution in [3.05, 3.63) is 77.4 Å². The van der Waals surface area contributed by atoms with Crippen LogP contribution in [0.3, 0.4) is 0 Å². The van der Waals surface area contributed by atoms with Crippen molar-refractivity contribution in [1.82, 2.24) is 0 Å². The van der Waals surface area contributed by atoms with E-state index in [4.69, 9.17) is 9.47 Å². The average molecular weight is 363 g/mol. The molecule has 0 aromatic heterocycles. The van der Waals surface area contributed by atoms with Crippen LogP contribution < -0.4 is 5.32 Å². The maximum Gasteiger partial charge on any atom is 0.339 e. The van der Waals surface area contributed by atoms with Gasteiger partial charge in [-0.2, -0.15) is 0 Å². The van der Waals surface area contributed by atoms with Crippen LogP contribution in [0, 0.1) is 0 Å². The van der Waals surface area contributed by atoms with Crippen LogP contribution in [-0.2, 0) is 9.47 Å². The highest BCUT2D eigenvalue weighted by Gasteiger charge is 2.18. The molecule has 1 amide bonds. The standard InChI is InChI=1S/C21H17NO5/c1-26-20(24)14-10-11-17(21(25)27-2)18(12-14)22-19(23)16-9-5-7-13-6-3-4-8-15(13)16/h3-12H,1-2H3,(H,22,23). The van der Waals surface area contributed by atoms with Crippen molar-refractivity contribution >= 4 is 34.3 Å². The first-order valence-electron chi connectivity index (χ1n) is 8.15. The van der Waals surface area contributed by atoms with Crippen molar-refractivity contribution in [3.8, 4) is 0 Å². The number of carbonyl (C=O) groups excluding carboxylic acids is 3. The predicted octanol–water partition coefficient (Wildman–Crippen LogP) is 3.67. The van der Waals surface area contributed by atoms with Gasteiger partial charge in [-0.15, -0.1) is 0 Å². The van der Waals surface area contributed by atoms with Gasteiger partial charge in [0.15, 0.2) is 0 Å². The summed E-state index contributed by atoms with van der Waals surface area (Å²) in [7, 11) is 2.50. The molecule has 0 aliphatic carbocycles. The molecule has 6 nitrogen and oxygen atoms in total. The summed E-state index contributed by atoms with van der Waals surface area (Å²) in [5.41, 5.74) is 0.965. The average Bonchev–Trinajstić information content (AvgIpc) is 2.72. The minimum absolute atomic E-state index is 0.138. The number of carbonyl (C=O) groups is 3. The highest BCUT2D eigenvalue weighted by Crippen LogP contribution is 2.23. The van der Waals surface area contributed by atoms with E-state index in [0.717, 1.165) is 10.8 Å². The monoisotopic (exact) mass is 363 g/mol. The van der Waals surface area contributed by atoms with Gasteiger partial charge in [0.25, 0.3) is 5.91 Å². The lowest BCUT2D eigenvalue weighted by molar-refractivity contribution is 0.0587. The van der Waals surface area contributed by atoms with E-state index in [0.29, 0.717) is 5.56 Å². The highest BCUT2D eigenvalue weighted by atomic mass is 16.5. The van der Waals surface area contributed by atoms with Crippen molar-refractivity contribution in [2.75, 3.05) is 19.5 Å². The summed E-state index contributed by atoms with van der Waals surface area (Å²) >= 11 is 0. The van der Waals surface area contributed by atoms with Crippen molar-refractivity contribution in [2.24, 2.45) is 0 Å². The van der Waals surface area contributed by atoms with Crippen LogP contribution >= 0.6 is 0 Å². The molecular weight excluding hydrogens is 346 g/mol. The van der Waals surface area contributed by atoms with Crippen molar-refractivity contribution in [1.29, 1.82) is 0 Å². The van der Waals surface area contributed by atoms with E-state index in [9.17, 15) is 14.4 Å². The first-order chi connectivity index (χ1) is 13.0. The molecule has 3 aromatic rings. The zero-order valence-electron chi connectivity index (χ0n) is 14.8. The molecule has 0 radical (unpaired) electrons. The number of rotatable bonds is 4. The molecule has 0 unspecified atom stereocenters. The summed E-state index contributed by atoms with van der Waals surface area (Å²) in [6.07, 6.45) is 0. The van der Waals surface area contributed by atoms with E-state index in [-0.39, 0.29) is 16.8 Å². The van der Waals surface area contributed by atoms with E-state index < -0.39 is 17.8 Å². The molecule has 3 aromatic carbocycles. The lowest BCUT2D eigenvalue weighted by Crippen LogP contribution is -2.16. The molecule has 136 valence electrons. The van der Waals surface area contributed by atoms with Gasteiger partial charge < -0.3 is 14.8 Å². The predicted molar refractivity (Wildman–Crippen MR) is 101 cm³/mol. The molecule has 27 heavy (non-hydrogen) atoms. The van der Waals surface area contributed by atoms with E-state index in [1.807, 2.05) is 30.3 Å². The first-order valence-corrected chi connectivity index (χ1v) is 8.15. The van der Waals surface area contributed by atoms with Crippen LogP contribution in [0.4, 0.5) is 5.69 Å². The minimum Gasteiger partial charge on any atom is -0.465 e. The van der Waals surface area contributed by atoms with Crippen LogP contribution in [0.2, 0.25) is 0 Å². The van der Waals surface area contributed by atoms with Crippen LogP contribution in [0.5, 0.6) is 0 Å². The SMILES string of the molecule is COC(=O)c1ccc(C(=O)OC)c(NC(=O)c2cccc3ccccc23)c1. The number of hydrogen-bond donors (Lipinski definition) is 1. The van der Waals surface area contributed by atoms with Crippen molar-refractivity contribution in [2.45, 2.75) is 0 Å². The number of hydrogen-bond acceptors (Lipinski definition) is 5. The summed E-state index contributed by atoms with van der Waals surface area (Å²) in [5, 5.41) is 4.40. The maximum atomic E-state index is 12.9. The number of benzene rings is 3. The third-order valence-electron chi connectivity index (χ3n) is 4.13. The Morgan fingerprint density at radius 1 is 0.778 bits per heavy atom. The summed E-state index contributed by atoms with van der Waals surface area (Å²) in [6, 6.07) is 17.1. The smallest absolute Gasteiger partial charge is 0.339 e. The Bertz CT molecular complexity index is 1040. The molecular formula is C21H17NO5. The van der Waals surface area contributed by atoms with Gasteiger partial charge in [-0.05, 0) is 35.0 Å². The molecule has 3 rings (SSSR count). The van der Waals surface area contributed by atoms with Gasteiger partial charge in [0.2, 0.25) is 0 Å². The van der Waals surface area contributed by atoms with Crippen LogP contribution in [0.15, 0.2) is 60.7 Å². The van der Waals surface area contributed by atoms with Crippen molar-refractivity contribution in [3.63, 3.8) is 0 Å². The van der Waals surface area contributed by atoms with Crippen LogP contribution in [0.25, 0.3) is 10.8 Å². The van der Waals surface area contributed by atoms with Gasteiger partial charge in [-0.3, -0.25) is 4.79 Å².